The molecule has 4 aliphatic rings. The molecule has 3 saturated carbocycles. The van der Waals surface area contributed by atoms with Gasteiger partial charge in [-0.25, -0.2) is 23.7 Å². The van der Waals surface area contributed by atoms with E-state index >= 15 is 0 Å². The number of nitrogens with one attached hydrogen (secondary N) is 5. The summed E-state index contributed by atoms with van der Waals surface area (Å²) in [5.74, 6) is 1.50. The number of nitrogens with zero attached hydrogens (tertiary/aromatic N) is 6. The first-order valence-electron chi connectivity index (χ1n) is 29.9. The first-order chi connectivity index (χ1) is 41.0. The van der Waals surface area contributed by atoms with Crippen LogP contribution in [-0.2, 0) is 28.5 Å². The lowest BCUT2D eigenvalue weighted by Gasteiger charge is -2.35. The molecule has 84 heavy (non-hydrogen) atoms. The van der Waals surface area contributed by atoms with Gasteiger partial charge in [-0.2, -0.15) is 5.10 Å². The summed E-state index contributed by atoms with van der Waals surface area (Å²) in [4.78, 5) is 69.3. The Morgan fingerprint density at radius 2 is 1.51 bits per heavy atom. The van der Waals surface area contributed by atoms with Gasteiger partial charge in [-0.3, -0.25) is 23.9 Å². The second-order valence-electron chi connectivity index (χ2n) is 22.1. The van der Waals surface area contributed by atoms with Crippen molar-refractivity contribution in [1.82, 2.24) is 45.6 Å². The van der Waals surface area contributed by atoms with Crippen molar-refractivity contribution >= 4 is 46.3 Å². The molecule has 4 fully saturated rings. The third-order valence-corrected chi connectivity index (χ3v) is 17.0. The summed E-state index contributed by atoms with van der Waals surface area (Å²) < 4.78 is 64.0. The lowest BCUT2D eigenvalue weighted by molar-refractivity contribution is -0.139. The van der Waals surface area contributed by atoms with Crippen LogP contribution in [0.5, 0.6) is 5.75 Å². The Kier molecular flexibility index (Phi) is 23.5. The van der Waals surface area contributed by atoms with Crippen LogP contribution in [0.4, 0.5) is 20.3 Å². The summed E-state index contributed by atoms with van der Waals surface area (Å²) in [5.41, 5.74) is 0.845. The van der Waals surface area contributed by atoms with Gasteiger partial charge in [0.2, 0.25) is 23.5 Å². The molecule has 5 aromatic rings. The Labute approximate surface area is 493 Å². The van der Waals surface area contributed by atoms with Gasteiger partial charge in [0, 0.05) is 48.5 Å². The quantitative estimate of drug-likeness (QED) is 0.0191. The highest BCUT2D eigenvalue weighted by molar-refractivity contribution is 7.10. The zero-order valence-electron chi connectivity index (χ0n) is 48.2. The van der Waals surface area contributed by atoms with E-state index < -0.39 is 30.1 Å². The van der Waals surface area contributed by atoms with E-state index in [4.69, 9.17) is 33.1 Å². The van der Waals surface area contributed by atoms with E-state index in [1.807, 2.05) is 4.90 Å². The van der Waals surface area contributed by atoms with E-state index in [1.165, 1.54) is 36.6 Å². The molecule has 21 nitrogen and oxygen atoms in total. The Morgan fingerprint density at radius 3 is 2.24 bits per heavy atom. The number of pyridine rings is 1. The van der Waals surface area contributed by atoms with Crippen molar-refractivity contribution in [1.29, 1.82) is 0 Å². The Bertz CT molecular complexity index is 2890. The number of likely N-dealkylation sites (N-methyl/N-ethyl adjacent to an activating group) is 1. The normalized spacial score (nSPS) is 19.1. The van der Waals surface area contributed by atoms with Gasteiger partial charge in [0.1, 0.15) is 41.2 Å². The van der Waals surface area contributed by atoms with Crippen LogP contribution in [0.1, 0.15) is 146 Å². The van der Waals surface area contributed by atoms with Gasteiger partial charge in [0.15, 0.2) is 11.4 Å². The number of benzene rings is 1. The topological polar surface area (TPSA) is 247 Å². The van der Waals surface area contributed by atoms with E-state index in [1.54, 1.807) is 66.6 Å². The van der Waals surface area contributed by atoms with Crippen LogP contribution in [0.3, 0.4) is 0 Å². The molecule has 456 valence electrons. The van der Waals surface area contributed by atoms with Crippen LogP contribution in [0.25, 0.3) is 11.5 Å². The summed E-state index contributed by atoms with van der Waals surface area (Å²) in [6, 6.07) is 9.21. The number of rotatable bonds is 34. The largest absolute Gasteiger partial charge is 0.491 e. The van der Waals surface area contributed by atoms with Crippen molar-refractivity contribution < 1.29 is 56.1 Å². The van der Waals surface area contributed by atoms with Crippen LogP contribution in [0.15, 0.2) is 64.9 Å². The molecule has 1 aromatic carbocycles. The smallest absolute Gasteiger partial charge is 0.284 e. The van der Waals surface area contributed by atoms with Crippen molar-refractivity contribution in [3.05, 3.63) is 88.1 Å². The van der Waals surface area contributed by atoms with Gasteiger partial charge in [0.25, 0.3) is 12.3 Å². The molecule has 3 atom stereocenters. The van der Waals surface area contributed by atoms with Gasteiger partial charge in [0.05, 0.1) is 76.7 Å². The molecule has 4 aromatic heterocycles. The first kappa shape index (κ1) is 62.3. The monoisotopic (exact) mass is 1190 g/mol. The standard InChI is InChI=1S/C60H81F2N11O10S/c1-39(63-2)56(75)70-52(42-8-4-3-5-9-42)60(77)72-22-7-12-50(72)59-69-49(38-84-59)54(74)43-10-6-11-46(32-43)82-31-30-81-29-28-80-27-26-79-25-24-78-23-21-64-34-40-15-17-45(18-16-40)73-36-47(53(71-73)55(61)62)67-57(76)48-37-83-58(68-48)44-19-20-65-51(33-44)66-35-41-13-14-41/h6,10-11,19-20,32-33,36-42,45,50,52,55,63-64H,3-5,7-9,12-18,21-31,34-35H2,1-2H3,(H,65,66)(H,67,76)(H,70,75)/t39-,40?,45?,50-,52-/m0/s1. The summed E-state index contributed by atoms with van der Waals surface area (Å²) in [6.07, 6.45) is 13.9. The van der Waals surface area contributed by atoms with Crippen LogP contribution >= 0.6 is 11.3 Å². The fourth-order valence-corrected chi connectivity index (χ4v) is 11.9. The van der Waals surface area contributed by atoms with Crippen molar-refractivity contribution in [2.45, 2.75) is 121 Å². The number of carbonyl (C=O) groups excluding carboxylic acids is 4. The van der Waals surface area contributed by atoms with Gasteiger partial charge >= 0.3 is 0 Å². The summed E-state index contributed by atoms with van der Waals surface area (Å²) in [5, 5.41) is 22.1. The van der Waals surface area contributed by atoms with Crippen molar-refractivity contribution in [3.63, 3.8) is 0 Å². The number of alkyl halides is 2. The number of thiazole rings is 1. The lowest BCUT2D eigenvalue weighted by Crippen LogP contribution is -2.55. The van der Waals surface area contributed by atoms with Gasteiger partial charge in [-0.05, 0) is 127 Å². The highest BCUT2D eigenvalue weighted by Gasteiger charge is 2.40. The number of likely N-dealkylation sites (tertiary alicyclic amines) is 1. The molecular weight excluding hydrogens is 1100 g/mol. The van der Waals surface area contributed by atoms with Crippen LogP contribution < -0.4 is 31.3 Å². The molecule has 5 heterocycles. The van der Waals surface area contributed by atoms with E-state index in [0.29, 0.717) is 106 Å². The number of ether oxygens (including phenoxy) is 5. The highest BCUT2D eigenvalue weighted by atomic mass is 32.1. The molecule has 24 heteroatoms. The minimum absolute atomic E-state index is 0.0365. The third-order valence-electron chi connectivity index (χ3n) is 16.1. The van der Waals surface area contributed by atoms with Crippen LogP contribution in [-0.4, -0.2) is 158 Å². The molecule has 0 unspecified atom stereocenters. The molecule has 3 amide bonds. The Morgan fingerprint density at radius 1 is 0.798 bits per heavy atom. The fourth-order valence-electron chi connectivity index (χ4n) is 11.0. The van der Waals surface area contributed by atoms with E-state index in [-0.39, 0.29) is 59.5 Å². The van der Waals surface area contributed by atoms with Crippen molar-refractivity contribution in [2.75, 3.05) is 103 Å². The number of hydrogen-bond donors (Lipinski definition) is 5. The summed E-state index contributed by atoms with van der Waals surface area (Å²) >= 11 is 1.39. The fraction of sp³-hybridized carbons (Fsp3) is 0.600. The maximum absolute atomic E-state index is 14.2. The lowest BCUT2D eigenvalue weighted by atomic mass is 9.83. The molecule has 0 spiro atoms. The average molecular weight is 1190 g/mol. The molecule has 0 bridgehead atoms. The molecule has 5 N–H and O–H groups in total. The molecule has 1 saturated heterocycles. The number of amides is 3. The predicted octanol–water partition coefficient (Wildman–Crippen LogP) is 8.44. The number of halogens is 2. The van der Waals surface area contributed by atoms with E-state index in [9.17, 15) is 28.0 Å². The van der Waals surface area contributed by atoms with Gasteiger partial charge < -0.3 is 59.6 Å². The maximum atomic E-state index is 14.2. The van der Waals surface area contributed by atoms with Crippen LogP contribution in [0, 0.1) is 17.8 Å². The number of oxazole rings is 1. The maximum Gasteiger partial charge on any atom is 0.284 e. The number of anilines is 2. The van der Waals surface area contributed by atoms with Crippen LogP contribution in [0.2, 0.25) is 0 Å². The average Bonchev–Trinajstić information content (AvgIpc) is 4.11. The zero-order valence-corrected chi connectivity index (χ0v) is 49.0. The Hall–Kier alpha value is -6.28. The number of ketones is 1. The molecule has 0 radical (unpaired) electrons. The molecule has 9 rings (SSSR count). The SMILES string of the molecule is CN[C@@H](C)C(=O)N[C@H](C(=O)N1CCC[C@H]1c1nc(C(=O)c2cccc(OCCOCCOCCOCCOCCNCC3CCC(n4cc(NC(=O)c5coc(-c6ccnc(NCC7CC7)c6)n5)c(C(F)F)n4)CC3)c2)cs1)C1CCCCC1. The van der Waals surface area contributed by atoms with Crippen molar-refractivity contribution in [2.24, 2.45) is 17.8 Å². The van der Waals surface area contributed by atoms with Gasteiger partial charge in [-0.1, -0.05) is 31.4 Å². The predicted molar refractivity (Wildman–Crippen MR) is 311 cm³/mol. The second-order valence-corrected chi connectivity index (χ2v) is 23.0. The van der Waals surface area contributed by atoms with Gasteiger partial charge in [-0.15, -0.1) is 11.3 Å². The Balaban J connectivity index is 0.580. The summed E-state index contributed by atoms with van der Waals surface area (Å²) in [6.45, 7) is 8.42. The van der Waals surface area contributed by atoms with E-state index in [0.717, 1.165) is 88.7 Å². The second kappa shape index (κ2) is 31.7. The first-order valence-corrected chi connectivity index (χ1v) is 30.8. The summed E-state index contributed by atoms with van der Waals surface area (Å²) in [7, 11) is 1.73. The third kappa shape index (κ3) is 17.9. The van der Waals surface area contributed by atoms with E-state index in [2.05, 4.69) is 41.7 Å². The molecule has 3 aliphatic carbocycles. The minimum atomic E-state index is -2.88. The number of hydrogen-bond acceptors (Lipinski definition) is 18. The minimum Gasteiger partial charge on any atom is -0.491 e. The zero-order chi connectivity index (χ0) is 58.6. The number of aromatic nitrogens is 5. The number of carbonyl (C=O) groups is 4. The molecule has 1 aliphatic heterocycles. The van der Waals surface area contributed by atoms with Crippen molar-refractivity contribution in [3.8, 4) is 17.2 Å². The highest BCUT2D eigenvalue weighted by Crippen LogP contribution is 2.38. The molecular formula is C60H81F2N11O10S.